The van der Waals surface area contributed by atoms with Gasteiger partial charge in [-0.05, 0) is 43.4 Å². The van der Waals surface area contributed by atoms with Crippen LogP contribution in [-0.4, -0.2) is 27.7 Å². The van der Waals surface area contributed by atoms with E-state index in [4.69, 9.17) is 9.84 Å². The number of aryl methyl sites for hydroxylation is 2. The summed E-state index contributed by atoms with van der Waals surface area (Å²) in [5.41, 5.74) is 1.57. The SMILES string of the molecule is O=C(O)COc1ccccc1-c1nc2sc3c(c2c(=O)[nH]1)CCCC3. The van der Waals surface area contributed by atoms with Crippen LogP contribution in [0.2, 0.25) is 0 Å². The summed E-state index contributed by atoms with van der Waals surface area (Å²) in [5.74, 6) is -0.275. The molecule has 0 saturated carbocycles. The minimum Gasteiger partial charge on any atom is -0.481 e. The molecule has 0 radical (unpaired) electrons. The fourth-order valence-corrected chi connectivity index (χ4v) is 4.48. The molecule has 0 aliphatic heterocycles. The monoisotopic (exact) mass is 356 g/mol. The lowest BCUT2D eigenvalue weighted by Gasteiger charge is -2.10. The predicted molar refractivity (Wildman–Crippen MR) is 95.4 cm³/mol. The largest absolute Gasteiger partial charge is 0.481 e. The van der Waals surface area contributed by atoms with Crippen LogP contribution in [0.4, 0.5) is 0 Å². The number of fused-ring (bicyclic) bond motifs is 3. The second-order valence-electron chi connectivity index (χ2n) is 5.98. The van der Waals surface area contributed by atoms with E-state index >= 15 is 0 Å². The first-order valence-electron chi connectivity index (χ1n) is 8.12. The van der Waals surface area contributed by atoms with Crippen molar-refractivity contribution in [2.45, 2.75) is 25.7 Å². The maximum atomic E-state index is 12.7. The number of aliphatic carboxylic acids is 1. The van der Waals surface area contributed by atoms with Gasteiger partial charge in [-0.2, -0.15) is 0 Å². The standard InChI is InChI=1S/C18H16N2O4S/c21-14(22)9-24-12-7-3-1-5-10(12)16-19-17(23)15-11-6-2-4-8-13(11)25-18(15)20-16/h1,3,5,7H,2,4,6,8-9H2,(H,21,22)(H,19,20,23). The summed E-state index contributed by atoms with van der Waals surface area (Å²) in [6.07, 6.45) is 4.18. The lowest BCUT2D eigenvalue weighted by atomic mass is 9.97. The van der Waals surface area contributed by atoms with E-state index in [9.17, 15) is 9.59 Å². The zero-order chi connectivity index (χ0) is 17.4. The molecule has 6 nitrogen and oxygen atoms in total. The van der Waals surface area contributed by atoms with Gasteiger partial charge in [-0.1, -0.05) is 12.1 Å². The Morgan fingerprint density at radius 2 is 2.08 bits per heavy atom. The number of para-hydroxylation sites is 1. The van der Waals surface area contributed by atoms with Gasteiger partial charge in [-0.25, -0.2) is 9.78 Å². The van der Waals surface area contributed by atoms with Crippen molar-refractivity contribution in [3.63, 3.8) is 0 Å². The molecule has 2 aromatic heterocycles. The number of carboxylic acids is 1. The number of carbonyl (C=O) groups is 1. The fourth-order valence-electron chi connectivity index (χ4n) is 3.22. The maximum absolute atomic E-state index is 12.7. The second kappa shape index (κ2) is 6.33. The van der Waals surface area contributed by atoms with Crippen molar-refractivity contribution < 1.29 is 14.6 Å². The van der Waals surface area contributed by atoms with Gasteiger partial charge >= 0.3 is 5.97 Å². The summed E-state index contributed by atoms with van der Waals surface area (Å²) in [6.45, 7) is -0.448. The number of rotatable bonds is 4. The van der Waals surface area contributed by atoms with Crippen molar-refractivity contribution in [1.29, 1.82) is 0 Å². The van der Waals surface area contributed by atoms with E-state index in [0.29, 0.717) is 22.5 Å². The van der Waals surface area contributed by atoms with Gasteiger partial charge in [0.1, 0.15) is 16.4 Å². The van der Waals surface area contributed by atoms with E-state index < -0.39 is 12.6 Å². The molecule has 7 heteroatoms. The van der Waals surface area contributed by atoms with E-state index in [1.807, 2.05) is 0 Å². The van der Waals surface area contributed by atoms with Crippen molar-refractivity contribution in [2.24, 2.45) is 0 Å². The minimum absolute atomic E-state index is 0.146. The molecule has 0 fully saturated rings. The number of carboxylic acid groups (broad SMARTS) is 1. The number of H-pyrrole nitrogens is 1. The van der Waals surface area contributed by atoms with Crippen LogP contribution in [0.1, 0.15) is 23.3 Å². The van der Waals surface area contributed by atoms with E-state index in [1.165, 1.54) is 4.88 Å². The van der Waals surface area contributed by atoms with Gasteiger partial charge < -0.3 is 14.8 Å². The molecule has 4 rings (SSSR count). The molecule has 0 saturated heterocycles. The van der Waals surface area contributed by atoms with Crippen LogP contribution in [0, 0.1) is 0 Å². The third-order valence-electron chi connectivity index (χ3n) is 4.32. The Morgan fingerprint density at radius 1 is 1.28 bits per heavy atom. The smallest absolute Gasteiger partial charge is 0.341 e. The molecular weight excluding hydrogens is 340 g/mol. The average molecular weight is 356 g/mol. The Bertz CT molecular complexity index is 1020. The van der Waals surface area contributed by atoms with E-state index in [2.05, 4.69) is 9.97 Å². The number of aromatic amines is 1. The Morgan fingerprint density at radius 3 is 2.92 bits per heavy atom. The molecule has 0 atom stereocenters. The van der Waals surface area contributed by atoms with Gasteiger partial charge in [-0.15, -0.1) is 11.3 Å². The van der Waals surface area contributed by atoms with Crippen LogP contribution >= 0.6 is 11.3 Å². The van der Waals surface area contributed by atoms with Crippen molar-refractivity contribution in [1.82, 2.24) is 9.97 Å². The number of nitrogens with one attached hydrogen (secondary N) is 1. The number of aromatic nitrogens is 2. The lowest BCUT2D eigenvalue weighted by Crippen LogP contribution is -2.13. The average Bonchev–Trinajstić information content (AvgIpc) is 2.99. The van der Waals surface area contributed by atoms with Crippen LogP contribution < -0.4 is 10.3 Å². The lowest BCUT2D eigenvalue weighted by molar-refractivity contribution is -0.139. The van der Waals surface area contributed by atoms with Crippen LogP contribution in [0.15, 0.2) is 29.1 Å². The molecule has 0 spiro atoms. The van der Waals surface area contributed by atoms with Crippen LogP contribution in [0.3, 0.4) is 0 Å². The van der Waals surface area contributed by atoms with Gasteiger partial charge in [0, 0.05) is 4.88 Å². The van der Waals surface area contributed by atoms with E-state index in [0.717, 1.165) is 36.1 Å². The van der Waals surface area contributed by atoms with Crippen molar-refractivity contribution >= 4 is 27.5 Å². The first-order chi connectivity index (χ1) is 12.1. The number of hydrogen-bond donors (Lipinski definition) is 2. The Balaban J connectivity index is 1.83. The van der Waals surface area contributed by atoms with Crippen molar-refractivity contribution in [3.05, 3.63) is 45.1 Å². The molecular formula is C18H16N2O4S. The van der Waals surface area contributed by atoms with Crippen LogP contribution in [0.5, 0.6) is 5.75 Å². The van der Waals surface area contributed by atoms with Gasteiger partial charge in [0.15, 0.2) is 6.61 Å². The first-order valence-corrected chi connectivity index (χ1v) is 8.93. The molecule has 1 aliphatic rings. The normalized spacial score (nSPS) is 13.6. The zero-order valence-electron chi connectivity index (χ0n) is 13.4. The van der Waals surface area contributed by atoms with E-state index in [1.54, 1.807) is 35.6 Å². The topological polar surface area (TPSA) is 92.3 Å². The van der Waals surface area contributed by atoms with Gasteiger partial charge in [-0.3, -0.25) is 4.79 Å². The Labute approximate surface area is 147 Å². The summed E-state index contributed by atoms with van der Waals surface area (Å²) >= 11 is 1.58. The van der Waals surface area contributed by atoms with Crippen molar-refractivity contribution in [2.75, 3.05) is 6.61 Å². The van der Waals surface area contributed by atoms with Gasteiger partial charge in [0.25, 0.3) is 5.56 Å². The second-order valence-corrected chi connectivity index (χ2v) is 7.07. The zero-order valence-corrected chi connectivity index (χ0v) is 14.2. The summed E-state index contributed by atoms with van der Waals surface area (Å²) in [5, 5.41) is 9.52. The predicted octanol–water partition coefficient (Wildman–Crippen LogP) is 2.99. The third kappa shape index (κ3) is 2.91. The molecule has 25 heavy (non-hydrogen) atoms. The number of nitrogens with zero attached hydrogens (tertiary/aromatic N) is 1. The van der Waals surface area contributed by atoms with Crippen LogP contribution in [-0.2, 0) is 17.6 Å². The molecule has 0 unspecified atom stereocenters. The molecule has 0 bridgehead atoms. The summed E-state index contributed by atoms with van der Waals surface area (Å²) in [6, 6.07) is 6.98. The fraction of sp³-hybridized carbons (Fsp3) is 0.278. The third-order valence-corrected chi connectivity index (χ3v) is 5.50. The van der Waals surface area contributed by atoms with Crippen LogP contribution in [0.25, 0.3) is 21.6 Å². The number of benzene rings is 1. The molecule has 2 heterocycles. The summed E-state index contributed by atoms with van der Waals surface area (Å²) in [7, 11) is 0. The maximum Gasteiger partial charge on any atom is 0.341 e. The number of ether oxygens (including phenoxy) is 1. The minimum atomic E-state index is -1.06. The first kappa shape index (κ1) is 15.8. The van der Waals surface area contributed by atoms with E-state index in [-0.39, 0.29) is 5.56 Å². The Kier molecular flexibility index (Phi) is 4.01. The highest BCUT2D eigenvalue weighted by atomic mass is 32.1. The summed E-state index contributed by atoms with van der Waals surface area (Å²) < 4.78 is 5.33. The molecule has 0 amide bonds. The molecule has 1 aliphatic carbocycles. The van der Waals surface area contributed by atoms with Gasteiger partial charge in [0.2, 0.25) is 0 Å². The molecule has 2 N–H and O–H groups in total. The molecule has 128 valence electrons. The molecule has 3 aromatic rings. The van der Waals surface area contributed by atoms with Gasteiger partial charge in [0.05, 0.1) is 10.9 Å². The highest BCUT2D eigenvalue weighted by Gasteiger charge is 2.20. The number of hydrogen-bond acceptors (Lipinski definition) is 5. The highest BCUT2D eigenvalue weighted by molar-refractivity contribution is 7.18. The molecule has 1 aromatic carbocycles. The highest BCUT2D eigenvalue weighted by Crippen LogP contribution is 2.35. The van der Waals surface area contributed by atoms with Crippen molar-refractivity contribution in [3.8, 4) is 17.1 Å². The quantitative estimate of drug-likeness (QED) is 0.750. The number of thiophene rings is 1. The Hall–Kier alpha value is -2.67. The summed E-state index contributed by atoms with van der Waals surface area (Å²) in [4.78, 5) is 32.9.